The Morgan fingerprint density at radius 1 is 0.287 bits per heavy atom. The molecule has 2 aromatic heterocycles. The average molecular weight is 1090 g/mol. The predicted molar refractivity (Wildman–Crippen MR) is 349 cm³/mol. The summed E-state index contributed by atoms with van der Waals surface area (Å²) in [5.41, 5.74) is 23.7. The van der Waals surface area contributed by atoms with E-state index < -0.39 is 10.8 Å². The summed E-state index contributed by atoms with van der Waals surface area (Å²) >= 11 is 4.01. The summed E-state index contributed by atoms with van der Waals surface area (Å²) in [7, 11) is 0. The molecular formula is C78H86S2. The van der Waals surface area contributed by atoms with Gasteiger partial charge in [-0.05, 0) is 178 Å². The Balaban J connectivity index is 1.18. The van der Waals surface area contributed by atoms with Crippen molar-refractivity contribution in [2.75, 3.05) is 0 Å². The van der Waals surface area contributed by atoms with Crippen molar-refractivity contribution in [1.29, 1.82) is 0 Å². The van der Waals surface area contributed by atoms with Crippen LogP contribution in [0.2, 0.25) is 0 Å². The minimum Gasteiger partial charge on any atom is -0.135 e. The van der Waals surface area contributed by atoms with E-state index in [9.17, 15) is 0 Å². The second-order valence-corrected chi connectivity index (χ2v) is 26.0. The third-order valence-corrected chi connectivity index (χ3v) is 20.7. The van der Waals surface area contributed by atoms with Crippen LogP contribution in [0.1, 0.15) is 208 Å². The van der Waals surface area contributed by atoms with Crippen molar-refractivity contribution < 1.29 is 0 Å². The van der Waals surface area contributed by atoms with Crippen molar-refractivity contribution in [2.45, 2.75) is 181 Å². The van der Waals surface area contributed by atoms with Gasteiger partial charge in [0.1, 0.15) is 0 Å². The van der Waals surface area contributed by atoms with Gasteiger partial charge in [0.25, 0.3) is 0 Å². The Bertz CT molecular complexity index is 3110. The largest absolute Gasteiger partial charge is 0.135 e. The first-order chi connectivity index (χ1) is 39.3. The monoisotopic (exact) mass is 1090 g/mol. The fraction of sp³-hybridized carbons (Fsp3) is 0.359. The van der Waals surface area contributed by atoms with Crippen molar-refractivity contribution in [2.24, 2.45) is 0 Å². The summed E-state index contributed by atoms with van der Waals surface area (Å²) in [6.07, 6.45) is 24.8. The molecule has 0 amide bonds. The Kier molecular flexibility index (Phi) is 17.7. The number of thiophene rings is 2. The highest BCUT2D eigenvalue weighted by atomic mass is 32.1. The Labute approximate surface area is 489 Å². The van der Waals surface area contributed by atoms with Gasteiger partial charge in [-0.1, -0.05) is 261 Å². The zero-order valence-electron chi connectivity index (χ0n) is 49.1. The van der Waals surface area contributed by atoms with Gasteiger partial charge in [-0.15, -0.1) is 22.7 Å². The van der Waals surface area contributed by atoms with Crippen LogP contribution in [-0.4, -0.2) is 0 Å². The molecule has 2 aliphatic carbocycles. The van der Waals surface area contributed by atoms with E-state index in [1.165, 1.54) is 222 Å². The lowest BCUT2D eigenvalue weighted by Gasteiger charge is -2.36. The lowest BCUT2D eigenvalue weighted by molar-refractivity contribution is 0.666. The molecule has 0 atom stereocenters. The van der Waals surface area contributed by atoms with Crippen molar-refractivity contribution in [1.82, 2.24) is 0 Å². The zero-order chi connectivity index (χ0) is 55.1. The quantitative estimate of drug-likeness (QED) is 0.0474. The number of hydrogen-bond donors (Lipinski definition) is 0. The predicted octanol–water partition coefficient (Wildman–Crippen LogP) is 23.0. The van der Waals surface area contributed by atoms with Crippen molar-refractivity contribution in [3.63, 3.8) is 0 Å². The number of unbranched alkanes of at least 4 members (excludes halogenated alkanes) is 12. The van der Waals surface area contributed by atoms with Crippen LogP contribution in [0.5, 0.6) is 0 Å². The van der Waals surface area contributed by atoms with Gasteiger partial charge in [0, 0.05) is 19.5 Å². The summed E-state index contributed by atoms with van der Waals surface area (Å²) in [5, 5.41) is 0. The summed E-state index contributed by atoms with van der Waals surface area (Å²) in [5.74, 6) is 0. The van der Waals surface area contributed by atoms with E-state index in [4.69, 9.17) is 0 Å². The molecule has 0 unspecified atom stereocenters. The van der Waals surface area contributed by atoms with Gasteiger partial charge < -0.3 is 0 Å². The molecule has 0 nitrogen and oxygen atoms in total. The van der Waals surface area contributed by atoms with E-state index in [2.05, 4.69) is 211 Å². The van der Waals surface area contributed by atoms with Gasteiger partial charge in [0.2, 0.25) is 0 Å². The molecule has 0 fully saturated rings. The molecule has 2 heteroatoms. The molecule has 0 radical (unpaired) electrons. The molecule has 9 aromatic rings. The third kappa shape index (κ3) is 10.9. The van der Waals surface area contributed by atoms with Crippen molar-refractivity contribution in [3.8, 4) is 41.8 Å². The molecule has 0 N–H and O–H groups in total. The highest BCUT2D eigenvalue weighted by Gasteiger charge is 2.53. The molecule has 0 aliphatic heterocycles. The van der Waals surface area contributed by atoms with Gasteiger partial charge in [-0.3, -0.25) is 0 Å². The molecule has 11 rings (SSSR count). The Hall–Kier alpha value is -6.06. The van der Waals surface area contributed by atoms with Crippen LogP contribution in [0, 0.1) is 13.8 Å². The van der Waals surface area contributed by atoms with E-state index in [1.807, 2.05) is 22.7 Å². The second kappa shape index (κ2) is 25.4. The van der Waals surface area contributed by atoms with Gasteiger partial charge in [-0.2, -0.15) is 0 Å². The minimum absolute atomic E-state index is 0.540. The van der Waals surface area contributed by atoms with Crippen molar-refractivity contribution in [3.05, 3.63) is 248 Å². The van der Waals surface area contributed by atoms with Crippen LogP contribution in [0.15, 0.2) is 170 Å². The maximum absolute atomic E-state index is 2.72. The topological polar surface area (TPSA) is 0 Å². The first-order valence-electron chi connectivity index (χ1n) is 31.3. The van der Waals surface area contributed by atoms with E-state index >= 15 is 0 Å². The molecule has 2 heterocycles. The minimum atomic E-state index is -0.540. The van der Waals surface area contributed by atoms with Crippen molar-refractivity contribution >= 4 is 22.7 Å². The number of hydrogen-bond acceptors (Lipinski definition) is 2. The van der Waals surface area contributed by atoms with Gasteiger partial charge in [-0.25, -0.2) is 0 Å². The molecule has 410 valence electrons. The van der Waals surface area contributed by atoms with Crippen LogP contribution >= 0.6 is 22.7 Å². The van der Waals surface area contributed by atoms with E-state index in [-0.39, 0.29) is 0 Å². The Morgan fingerprint density at radius 2 is 0.562 bits per heavy atom. The molecule has 0 saturated heterocycles. The van der Waals surface area contributed by atoms with E-state index in [0.717, 1.165) is 25.7 Å². The molecule has 80 heavy (non-hydrogen) atoms. The van der Waals surface area contributed by atoms with Gasteiger partial charge >= 0.3 is 0 Å². The highest BCUT2D eigenvalue weighted by molar-refractivity contribution is 7.19. The first kappa shape index (κ1) is 55.8. The fourth-order valence-electron chi connectivity index (χ4n) is 13.6. The van der Waals surface area contributed by atoms with Crippen LogP contribution < -0.4 is 0 Å². The molecule has 0 bridgehead atoms. The molecule has 2 aliphatic rings. The highest BCUT2D eigenvalue weighted by Crippen LogP contribution is 2.66. The second-order valence-electron chi connectivity index (χ2n) is 23.9. The summed E-state index contributed by atoms with van der Waals surface area (Å²) < 4.78 is 0. The normalized spacial score (nSPS) is 13.6. The number of aryl methyl sites for hydroxylation is 6. The summed E-state index contributed by atoms with van der Waals surface area (Å²) in [4.78, 5) is 5.48. The van der Waals surface area contributed by atoms with Crippen LogP contribution in [0.25, 0.3) is 41.8 Å². The lowest BCUT2D eigenvalue weighted by atomic mass is 9.65. The van der Waals surface area contributed by atoms with E-state index in [0.29, 0.717) is 0 Å². The van der Waals surface area contributed by atoms with Crippen LogP contribution in [0.4, 0.5) is 0 Å². The summed E-state index contributed by atoms with van der Waals surface area (Å²) in [6.45, 7) is 13.7. The average Bonchev–Trinajstić information content (AvgIpc) is 4.37. The van der Waals surface area contributed by atoms with E-state index in [1.54, 1.807) is 0 Å². The number of fused-ring (bicyclic) bond motifs is 6. The molecule has 0 saturated carbocycles. The molecule has 0 spiro atoms. The van der Waals surface area contributed by atoms with Gasteiger partial charge in [0.05, 0.1) is 10.8 Å². The smallest absolute Gasteiger partial charge is 0.0722 e. The van der Waals surface area contributed by atoms with Gasteiger partial charge in [0.15, 0.2) is 0 Å². The van der Waals surface area contributed by atoms with Crippen LogP contribution in [0.3, 0.4) is 0 Å². The zero-order valence-corrected chi connectivity index (χ0v) is 50.8. The molecular weight excluding hydrogens is 1000 g/mol. The van der Waals surface area contributed by atoms with Crippen LogP contribution in [-0.2, 0) is 36.5 Å². The maximum Gasteiger partial charge on any atom is 0.0722 e. The standard InChI is InChI=1S/C78H86S2/c1-7-11-15-19-23-57-31-43-63(44-32-57)77(64-45-33-58(34-46-64)24-20-16-12-8-2)69-51-68-70(52-67(69)75-71(77)53-73(79-75)61-39-27-55(5)28-40-61)78(65-47-35-59(36-48-65)25-21-17-13-9-3,66-49-37-60(38-50-66)26-22-18-14-10-4)72-54-74(80-76(68)72)62-41-29-56(6)30-42-62/h27-54H,7-26H2,1-6H3. The molecule has 7 aromatic carbocycles. The lowest BCUT2D eigenvalue weighted by Crippen LogP contribution is -2.30. The first-order valence-corrected chi connectivity index (χ1v) is 32.9. The number of benzene rings is 7. The Morgan fingerprint density at radius 3 is 0.825 bits per heavy atom. The third-order valence-electron chi connectivity index (χ3n) is 18.2. The maximum atomic E-state index is 2.72. The summed E-state index contributed by atoms with van der Waals surface area (Å²) in [6, 6.07) is 69.1. The SMILES string of the molecule is CCCCCCc1ccc(C2(c3ccc(CCCCCC)cc3)c3cc4c(cc3-c3sc(-c5ccc(C)cc5)cc32)C(c2ccc(CCCCCC)cc2)(c2ccc(CCCCCC)cc2)c2cc(-c3ccc(C)cc3)sc2-4)cc1. The fourth-order valence-corrected chi connectivity index (χ4v) is 16.1. The number of rotatable bonds is 26.